The summed E-state index contributed by atoms with van der Waals surface area (Å²) in [5.74, 6) is -0.368. The van der Waals surface area contributed by atoms with Gasteiger partial charge in [-0.05, 0) is 25.0 Å². The highest BCUT2D eigenvalue weighted by Crippen LogP contribution is 2.19. The molecule has 1 aromatic heterocycles. The fraction of sp³-hybridized carbons (Fsp3) is 0.333. The number of aromatic nitrogens is 3. The van der Waals surface area contributed by atoms with Crippen molar-refractivity contribution in [3.05, 3.63) is 30.6 Å². The van der Waals surface area contributed by atoms with Gasteiger partial charge in [0.25, 0.3) is 0 Å². The zero-order chi connectivity index (χ0) is 15.9. The average Bonchev–Trinajstić information content (AvgIpc) is 2.90. The van der Waals surface area contributed by atoms with Crippen LogP contribution in [0.15, 0.2) is 30.6 Å². The third-order valence-corrected chi connectivity index (χ3v) is 3.05. The number of nitrogens with zero attached hydrogens (tertiary/aromatic N) is 3. The number of hydrogen-bond donors (Lipinski definition) is 2. The van der Waals surface area contributed by atoms with Gasteiger partial charge in [-0.2, -0.15) is 5.10 Å². The van der Waals surface area contributed by atoms with E-state index in [0.29, 0.717) is 30.8 Å². The Kier molecular flexibility index (Phi) is 5.24. The molecule has 2 aromatic rings. The van der Waals surface area contributed by atoms with E-state index in [1.165, 1.54) is 0 Å². The fourth-order valence-corrected chi connectivity index (χ4v) is 1.99. The molecule has 2 rings (SSSR count). The second-order valence-corrected chi connectivity index (χ2v) is 4.97. The first kappa shape index (κ1) is 15.7. The Balaban J connectivity index is 1.90. The average molecular weight is 302 g/mol. The molecule has 1 amide bonds. The number of unbranched alkanes of at least 4 members (excludes halogenated alkanes) is 1. The van der Waals surface area contributed by atoms with E-state index in [4.69, 9.17) is 5.11 Å². The third kappa shape index (κ3) is 4.69. The maximum Gasteiger partial charge on any atom is 0.303 e. The van der Waals surface area contributed by atoms with E-state index in [1.54, 1.807) is 24.1 Å². The summed E-state index contributed by atoms with van der Waals surface area (Å²) in [4.78, 5) is 26.4. The van der Waals surface area contributed by atoms with Gasteiger partial charge in [0.15, 0.2) is 5.82 Å². The number of rotatable bonds is 7. The lowest BCUT2D eigenvalue weighted by molar-refractivity contribution is -0.137. The van der Waals surface area contributed by atoms with Crippen LogP contribution in [0.3, 0.4) is 0 Å². The van der Waals surface area contributed by atoms with E-state index in [2.05, 4.69) is 15.4 Å². The van der Waals surface area contributed by atoms with Gasteiger partial charge >= 0.3 is 5.97 Å². The van der Waals surface area contributed by atoms with Gasteiger partial charge in [0.05, 0.1) is 0 Å². The smallest absolute Gasteiger partial charge is 0.303 e. The van der Waals surface area contributed by atoms with Gasteiger partial charge < -0.3 is 10.4 Å². The zero-order valence-electron chi connectivity index (χ0n) is 12.3. The number of amides is 1. The first-order valence-electron chi connectivity index (χ1n) is 7.02. The largest absolute Gasteiger partial charge is 0.481 e. The molecule has 0 aliphatic carbocycles. The molecule has 116 valence electrons. The van der Waals surface area contributed by atoms with Crippen molar-refractivity contribution in [1.29, 1.82) is 0 Å². The molecule has 0 aliphatic heterocycles. The maximum atomic E-state index is 11.8. The van der Waals surface area contributed by atoms with E-state index < -0.39 is 5.97 Å². The van der Waals surface area contributed by atoms with Crippen LogP contribution >= 0.6 is 0 Å². The Bertz CT molecular complexity index is 666. The highest BCUT2D eigenvalue weighted by Gasteiger charge is 2.07. The summed E-state index contributed by atoms with van der Waals surface area (Å²) in [6, 6.07) is 7.30. The standard InChI is InChI=1S/C15H18N4O3/c1-19-10-16-15(18-19)11-5-4-6-12(9-11)17-13(20)7-2-3-8-14(21)22/h4-6,9-10H,2-3,7-8H2,1H3,(H,17,20)(H,21,22). The maximum absolute atomic E-state index is 11.8. The number of carbonyl (C=O) groups is 2. The molecule has 1 heterocycles. The minimum atomic E-state index is -0.837. The van der Waals surface area contributed by atoms with Crippen LogP contribution in [-0.2, 0) is 16.6 Å². The van der Waals surface area contributed by atoms with Crippen molar-refractivity contribution >= 4 is 17.6 Å². The molecule has 0 fully saturated rings. The van der Waals surface area contributed by atoms with Crippen molar-refractivity contribution in [3.63, 3.8) is 0 Å². The minimum Gasteiger partial charge on any atom is -0.481 e. The monoisotopic (exact) mass is 302 g/mol. The van der Waals surface area contributed by atoms with Gasteiger partial charge in [0.2, 0.25) is 5.91 Å². The number of carboxylic acids is 1. The molecule has 0 bridgehead atoms. The molecule has 7 heteroatoms. The van der Waals surface area contributed by atoms with Crippen LogP contribution in [0.4, 0.5) is 5.69 Å². The number of carboxylic acid groups (broad SMARTS) is 1. The highest BCUT2D eigenvalue weighted by atomic mass is 16.4. The number of carbonyl (C=O) groups excluding carboxylic acids is 1. The topological polar surface area (TPSA) is 97.1 Å². The molecule has 0 spiro atoms. The number of benzene rings is 1. The summed E-state index contributed by atoms with van der Waals surface area (Å²) < 4.78 is 1.61. The van der Waals surface area contributed by atoms with Crippen molar-refractivity contribution in [1.82, 2.24) is 14.8 Å². The first-order valence-corrected chi connectivity index (χ1v) is 7.02. The van der Waals surface area contributed by atoms with Crippen molar-refractivity contribution < 1.29 is 14.7 Å². The summed E-state index contributed by atoms with van der Waals surface area (Å²) in [5.41, 5.74) is 1.50. The Morgan fingerprint density at radius 3 is 2.73 bits per heavy atom. The SMILES string of the molecule is Cn1cnc(-c2cccc(NC(=O)CCCCC(=O)O)c2)n1. The normalized spacial score (nSPS) is 10.4. The van der Waals surface area contributed by atoms with E-state index in [0.717, 1.165) is 5.56 Å². The van der Waals surface area contributed by atoms with Crippen molar-refractivity contribution in [2.45, 2.75) is 25.7 Å². The van der Waals surface area contributed by atoms with Crippen molar-refractivity contribution in [3.8, 4) is 11.4 Å². The van der Waals surface area contributed by atoms with Crippen molar-refractivity contribution in [2.24, 2.45) is 7.05 Å². The number of hydrogen-bond acceptors (Lipinski definition) is 4. The van der Waals surface area contributed by atoms with E-state index in [-0.39, 0.29) is 12.3 Å². The molecular formula is C15H18N4O3. The van der Waals surface area contributed by atoms with Gasteiger partial charge in [-0.25, -0.2) is 4.98 Å². The minimum absolute atomic E-state index is 0.0914. The van der Waals surface area contributed by atoms with Gasteiger partial charge in [-0.1, -0.05) is 12.1 Å². The fourth-order valence-electron chi connectivity index (χ4n) is 1.99. The molecule has 0 aliphatic rings. The second kappa shape index (κ2) is 7.35. The number of aliphatic carboxylic acids is 1. The quantitative estimate of drug-likeness (QED) is 0.763. The molecule has 7 nitrogen and oxygen atoms in total. The lowest BCUT2D eigenvalue weighted by Gasteiger charge is -2.06. The molecular weight excluding hydrogens is 284 g/mol. The van der Waals surface area contributed by atoms with Crippen LogP contribution < -0.4 is 5.32 Å². The van der Waals surface area contributed by atoms with Crippen LogP contribution in [0.5, 0.6) is 0 Å². The highest BCUT2D eigenvalue weighted by molar-refractivity contribution is 5.91. The number of aryl methyl sites for hydroxylation is 1. The second-order valence-electron chi connectivity index (χ2n) is 4.97. The van der Waals surface area contributed by atoms with Crippen LogP contribution in [-0.4, -0.2) is 31.7 Å². The molecule has 22 heavy (non-hydrogen) atoms. The Hall–Kier alpha value is -2.70. The Labute approximate surface area is 128 Å². The van der Waals surface area contributed by atoms with Crippen LogP contribution in [0.25, 0.3) is 11.4 Å². The summed E-state index contributed by atoms with van der Waals surface area (Å²) in [5, 5.41) is 15.6. The lowest BCUT2D eigenvalue weighted by atomic mass is 10.1. The third-order valence-electron chi connectivity index (χ3n) is 3.05. The van der Waals surface area contributed by atoms with Crippen molar-refractivity contribution in [2.75, 3.05) is 5.32 Å². The van der Waals surface area contributed by atoms with Gasteiger partial charge in [0.1, 0.15) is 6.33 Å². The predicted molar refractivity (Wildman–Crippen MR) is 81.2 cm³/mol. The van der Waals surface area contributed by atoms with Crippen LogP contribution in [0, 0.1) is 0 Å². The zero-order valence-corrected chi connectivity index (χ0v) is 12.3. The summed E-state index contributed by atoms with van der Waals surface area (Å²) >= 11 is 0. The Morgan fingerprint density at radius 1 is 1.27 bits per heavy atom. The van der Waals surface area contributed by atoms with Crippen LogP contribution in [0.1, 0.15) is 25.7 Å². The molecule has 0 saturated carbocycles. The summed E-state index contributed by atoms with van der Waals surface area (Å²) in [6.45, 7) is 0. The predicted octanol–water partition coefficient (Wildman–Crippen LogP) is 2.07. The number of nitrogens with one attached hydrogen (secondary N) is 1. The van der Waals surface area contributed by atoms with E-state index >= 15 is 0 Å². The lowest BCUT2D eigenvalue weighted by Crippen LogP contribution is -2.11. The number of anilines is 1. The molecule has 0 radical (unpaired) electrons. The first-order chi connectivity index (χ1) is 10.5. The summed E-state index contributed by atoms with van der Waals surface area (Å²) in [7, 11) is 1.79. The molecule has 0 atom stereocenters. The molecule has 0 unspecified atom stereocenters. The van der Waals surface area contributed by atoms with E-state index in [1.807, 2.05) is 18.2 Å². The van der Waals surface area contributed by atoms with Crippen LogP contribution in [0.2, 0.25) is 0 Å². The molecule has 0 saturated heterocycles. The summed E-state index contributed by atoms with van der Waals surface area (Å²) in [6.07, 6.45) is 3.07. The Morgan fingerprint density at radius 2 is 2.05 bits per heavy atom. The molecule has 2 N–H and O–H groups in total. The van der Waals surface area contributed by atoms with Gasteiger partial charge in [-0.3, -0.25) is 14.3 Å². The molecule has 1 aromatic carbocycles. The van der Waals surface area contributed by atoms with Gasteiger partial charge in [0, 0.05) is 31.1 Å². The van der Waals surface area contributed by atoms with Gasteiger partial charge in [-0.15, -0.1) is 0 Å². The van der Waals surface area contributed by atoms with E-state index in [9.17, 15) is 9.59 Å².